The molecule has 3 unspecified atom stereocenters. The summed E-state index contributed by atoms with van der Waals surface area (Å²) in [6.45, 7) is 0.893. The fourth-order valence-corrected chi connectivity index (χ4v) is 8.19. The van der Waals surface area contributed by atoms with Crippen LogP contribution in [-0.2, 0) is 41.5 Å². The summed E-state index contributed by atoms with van der Waals surface area (Å²) < 4.78 is 13.2. The zero-order valence-electron chi connectivity index (χ0n) is 31.1. The van der Waals surface area contributed by atoms with Gasteiger partial charge in [0.2, 0.25) is 11.8 Å². The minimum atomic E-state index is -0.745. The van der Waals surface area contributed by atoms with Gasteiger partial charge < -0.3 is 25.2 Å². The molecule has 2 aromatic carbocycles. The zero-order valence-corrected chi connectivity index (χ0v) is 34.3. The van der Waals surface area contributed by atoms with Crippen LogP contribution in [0.4, 0.5) is 0 Å². The molecule has 9 nitrogen and oxygen atoms in total. The van der Waals surface area contributed by atoms with E-state index < -0.39 is 5.97 Å². The molecule has 0 bridgehead atoms. The third-order valence-corrected chi connectivity index (χ3v) is 11.2. The lowest BCUT2D eigenvalue weighted by Crippen LogP contribution is -2.30. The number of ketones is 1. The van der Waals surface area contributed by atoms with Gasteiger partial charge in [-0.05, 0) is 130 Å². The van der Waals surface area contributed by atoms with Gasteiger partial charge in [-0.1, -0.05) is 69.7 Å². The number of Topliss-reactive ketones (excluding diaryl/α,β-unsaturated/α-hetero) is 1. The number of carbonyl (C=O) groups is 4. The van der Waals surface area contributed by atoms with Crippen molar-refractivity contribution in [1.82, 2.24) is 10.6 Å². The number of rotatable bonds is 19. The summed E-state index contributed by atoms with van der Waals surface area (Å²) in [5.41, 5.74) is 5.17. The van der Waals surface area contributed by atoms with Gasteiger partial charge in [-0.15, -0.1) is 0 Å². The summed E-state index contributed by atoms with van der Waals surface area (Å²) in [6.07, 6.45) is 18.1. The summed E-state index contributed by atoms with van der Waals surface area (Å²) in [5, 5.41) is 14.9. The van der Waals surface area contributed by atoms with Crippen molar-refractivity contribution in [1.29, 1.82) is 0 Å². The predicted octanol–water partition coefficient (Wildman–Crippen LogP) is 9.76. The van der Waals surface area contributed by atoms with Crippen molar-refractivity contribution in [2.24, 2.45) is 0 Å². The predicted molar refractivity (Wildman–Crippen MR) is 214 cm³/mol. The van der Waals surface area contributed by atoms with Crippen LogP contribution in [0.1, 0.15) is 156 Å². The van der Waals surface area contributed by atoms with E-state index in [0.717, 1.165) is 118 Å². The second-order valence-corrected chi connectivity index (χ2v) is 16.4. The van der Waals surface area contributed by atoms with Crippen LogP contribution >= 0.6 is 31.9 Å². The monoisotopic (exact) mass is 860 g/mol. The van der Waals surface area contributed by atoms with Gasteiger partial charge >= 0.3 is 5.97 Å². The first-order valence-corrected chi connectivity index (χ1v) is 21.4. The molecule has 11 heteroatoms. The van der Waals surface area contributed by atoms with E-state index in [4.69, 9.17) is 14.6 Å². The molecule has 0 saturated carbocycles. The molecule has 0 aromatic heterocycles. The summed E-state index contributed by atoms with van der Waals surface area (Å²) >= 11 is 7.03. The molecule has 1 aliphatic heterocycles. The highest BCUT2D eigenvalue weighted by atomic mass is 79.9. The number of fused-ring (bicyclic) bond motifs is 2. The normalized spacial score (nSPS) is 19.2. The molecule has 1 fully saturated rings. The second kappa shape index (κ2) is 24.0. The molecule has 3 N–H and O–H groups in total. The van der Waals surface area contributed by atoms with E-state index in [9.17, 15) is 19.2 Å². The minimum Gasteiger partial charge on any atom is -0.481 e. The molecule has 5 rings (SSSR count). The molecular formula is C42H58Br2N2O7. The number of amides is 2. The SMILES string of the molecule is O=C(CCCCCCC(=O)NC1CCCc2cc(Br)ccc21)COC1CCCCO1.O=C(O)CCCCCCC(=O)NC1CCCc2cc(Br)ccc21. The lowest BCUT2D eigenvalue weighted by atomic mass is 9.87. The number of aryl methyl sites for hydroxylation is 2. The Morgan fingerprint density at radius 1 is 0.660 bits per heavy atom. The fraction of sp³-hybridized carbons (Fsp3) is 0.619. The third kappa shape index (κ3) is 16.3. The van der Waals surface area contributed by atoms with Gasteiger partial charge in [-0.3, -0.25) is 19.2 Å². The number of unbranched alkanes of at least 4 members (excludes halogenated alkanes) is 6. The number of carbonyl (C=O) groups excluding carboxylic acids is 3. The maximum Gasteiger partial charge on any atom is 0.303 e. The van der Waals surface area contributed by atoms with Crippen molar-refractivity contribution in [3.8, 4) is 0 Å². The highest BCUT2D eigenvalue weighted by molar-refractivity contribution is 9.10. The van der Waals surface area contributed by atoms with Crippen LogP contribution in [0, 0.1) is 0 Å². The molecule has 2 amide bonds. The Morgan fingerprint density at radius 3 is 1.66 bits per heavy atom. The van der Waals surface area contributed by atoms with Gasteiger partial charge in [0.15, 0.2) is 12.1 Å². The van der Waals surface area contributed by atoms with Gasteiger partial charge in [0.25, 0.3) is 0 Å². The maximum atomic E-state index is 12.4. The Labute approximate surface area is 332 Å². The van der Waals surface area contributed by atoms with Crippen LogP contribution in [0.25, 0.3) is 0 Å². The largest absolute Gasteiger partial charge is 0.481 e. The first-order valence-electron chi connectivity index (χ1n) is 19.8. The second-order valence-electron chi connectivity index (χ2n) is 14.6. The van der Waals surface area contributed by atoms with Gasteiger partial charge in [0.1, 0.15) is 6.61 Å². The highest BCUT2D eigenvalue weighted by Gasteiger charge is 2.23. The number of carboxylic acids is 1. The molecule has 2 aliphatic carbocycles. The quantitative estimate of drug-likeness (QED) is 0.120. The topological polar surface area (TPSA) is 131 Å². The Hall–Kier alpha value is -2.60. The van der Waals surface area contributed by atoms with Crippen LogP contribution in [0.2, 0.25) is 0 Å². The molecule has 3 atom stereocenters. The first-order chi connectivity index (χ1) is 25.7. The van der Waals surface area contributed by atoms with E-state index in [1.54, 1.807) is 0 Å². The number of hydrogen-bond donors (Lipinski definition) is 3. The number of nitrogens with one attached hydrogen (secondary N) is 2. The Bertz CT molecular complexity index is 1480. The number of benzene rings is 2. The molecule has 1 heterocycles. The Morgan fingerprint density at radius 2 is 1.17 bits per heavy atom. The number of ether oxygens (including phenoxy) is 2. The Kier molecular flexibility index (Phi) is 19.6. The van der Waals surface area contributed by atoms with E-state index >= 15 is 0 Å². The number of halogens is 2. The third-order valence-electron chi connectivity index (χ3n) is 10.2. The standard InChI is InChI=1S/C24H34BrNO4.C18H24BrNO3/c25-19-13-14-21-18(16-19)8-7-10-22(21)26-23(28)11-4-2-1-3-9-20(27)17-30-24-12-5-6-15-29-24;19-14-10-11-15-13(12-14)6-5-7-16(15)20-17(21)8-3-1-2-4-9-18(22)23/h13-14,16,22,24H,1-12,15,17H2,(H,26,28);10-12,16H,1-9H2,(H,20,21)(H,22,23). The van der Waals surface area contributed by atoms with Crippen LogP contribution in [-0.4, -0.2) is 48.2 Å². The van der Waals surface area contributed by atoms with Crippen molar-refractivity contribution in [3.05, 3.63) is 67.6 Å². The molecular weight excluding hydrogens is 804 g/mol. The molecule has 292 valence electrons. The van der Waals surface area contributed by atoms with Gasteiger partial charge in [0, 0.05) is 41.2 Å². The van der Waals surface area contributed by atoms with Crippen molar-refractivity contribution >= 4 is 55.4 Å². The van der Waals surface area contributed by atoms with Crippen LogP contribution < -0.4 is 10.6 Å². The lowest BCUT2D eigenvalue weighted by molar-refractivity contribution is -0.169. The lowest BCUT2D eigenvalue weighted by Gasteiger charge is -2.26. The first kappa shape index (κ1) is 43.1. The molecule has 0 radical (unpaired) electrons. The van der Waals surface area contributed by atoms with Crippen molar-refractivity contribution in [2.45, 2.75) is 153 Å². The highest BCUT2D eigenvalue weighted by Crippen LogP contribution is 2.33. The molecule has 2 aromatic rings. The fourth-order valence-electron chi connectivity index (χ4n) is 7.38. The van der Waals surface area contributed by atoms with Crippen molar-refractivity contribution in [3.63, 3.8) is 0 Å². The summed E-state index contributed by atoms with van der Waals surface area (Å²) in [6, 6.07) is 12.9. The van der Waals surface area contributed by atoms with Crippen molar-refractivity contribution in [2.75, 3.05) is 13.2 Å². The van der Waals surface area contributed by atoms with Crippen LogP contribution in [0.3, 0.4) is 0 Å². The van der Waals surface area contributed by atoms with E-state index in [-0.39, 0.29) is 49.0 Å². The number of aliphatic carboxylic acids is 1. The maximum absolute atomic E-state index is 12.4. The molecule has 53 heavy (non-hydrogen) atoms. The van der Waals surface area contributed by atoms with Gasteiger partial charge in [0.05, 0.1) is 12.1 Å². The average Bonchev–Trinajstić information content (AvgIpc) is 3.14. The Balaban J connectivity index is 0.000000245. The minimum absolute atomic E-state index is 0.101. The zero-order chi connectivity index (χ0) is 37.8. The summed E-state index contributed by atoms with van der Waals surface area (Å²) in [5.74, 6) is -0.369. The van der Waals surface area contributed by atoms with E-state index in [0.29, 0.717) is 25.7 Å². The van der Waals surface area contributed by atoms with Crippen LogP contribution in [0.15, 0.2) is 45.3 Å². The van der Waals surface area contributed by atoms with Gasteiger partial charge in [-0.2, -0.15) is 0 Å². The summed E-state index contributed by atoms with van der Waals surface area (Å²) in [7, 11) is 0. The number of hydrogen-bond acceptors (Lipinski definition) is 6. The molecule has 1 saturated heterocycles. The van der Waals surface area contributed by atoms with E-state index in [1.807, 2.05) is 6.07 Å². The average molecular weight is 863 g/mol. The summed E-state index contributed by atoms with van der Waals surface area (Å²) in [4.78, 5) is 46.8. The smallest absolute Gasteiger partial charge is 0.303 e. The van der Waals surface area contributed by atoms with Crippen LogP contribution in [0.5, 0.6) is 0 Å². The van der Waals surface area contributed by atoms with E-state index in [1.165, 1.54) is 22.3 Å². The number of carboxylic acid groups (broad SMARTS) is 1. The van der Waals surface area contributed by atoms with Crippen molar-refractivity contribution < 1.29 is 33.8 Å². The van der Waals surface area contributed by atoms with E-state index in [2.05, 4.69) is 72.8 Å². The molecule has 3 aliphatic rings. The van der Waals surface area contributed by atoms with Gasteiger partial charge in [-0.25, -0.2) is 0 Å². The molecule has 0 spiro atoms.